The van der Waals surface area contributed by atoms with Crippen LogP contribution in [0.3, 0.4) is 0 Å². The van der Waals surface area contributed by atoms with Gasteiger partial charge in [0.2, 0.25) is 0 Å². The molecule has 1 heterocycles. The molecule has 0 aliphatic carbocycles. The second kappa shape index (κ2) is 14.2. The third-order valence-corrected chi connectivity index (χ3v) is 6.76. The fourth-order valence-electron chi connectivity index (χ4n) is 4.54. The van der Waals surface area contributed by atoms with Gasteiger partial charge >= 0.3 is 23.9 Å². The fourth-order valence-corrected chi connectivity index (χ4v) is 4.54. The van der Waals surface area contributed by atoms with Crippen LogP contribution in [0.5, 0.6) is 0 Å². The van der Waals surface area contributed by atoms with Crippen LogP contribution in [0.2, 0.25) is 0 Å². The summed E-state index contributed by atoms with van der Waals surface area (Å²) in [5.41, 5.74) is 0.736. The zero-order chi connectivity index (χ0) is 30.9. The molecule has 1 aliphatic heterocycles. The second-order valence-electron chi connectivity index (χ2n) is 9.74. The lowest BCUT2D eigenvalue weighted by Crippen LogP contribution is -2.62. The highest BCUT2D eigenvalue weighted by Crippen LogP contribution is 2.30. The number of aliphatic hydroxyl groups excluding tert-OH is 1. The third kappa shape index (κ3) is 7.35. The maximum atomic E-state index is 13.3. The van der Waals surface area contributed by atoms with E-state index in [1.165, 1.54) is 36.4 Å². The van der Waals surface area contributed by atoms with Crippen LogP contribution in [-0.4, -0.2) is 66.3 Å². The minimum absolute atomic E-state index is 0.154. The lowest BCUT2D eigenvalue weighted by Gasteiger charge is -2.42. The number of aliphatic hydroxyl groups is 1. The van der Waals surface area contributed by atoms with E-state index in [1.807, 2.05) is 0 Å². The Morgan fingerprint density at radius 3 is 1.25 bits per heavy atom. The van der Waals surface area contributed by atoms with Gasteiger partial charge in [-0.15, -0.1) is 0 Å². The molecule has 0 spiro atoms. The Kier molecular flexibility index (Phi) is 9.75. The molecule has 1 N–H and O–H groups in total. The van der Waals surface area contributed by atoms with Gasteiger partial charge < -0.3 is 28.8 Å². The molecule has 1 aliphatic rings. The van der Waals surface area contributed by atoms with E-state index in [9.17, 15) is 24.3 Å². The van der Waals surface area contributed by atoms with Gasteiger partial charge in [-0.2, -0.15) is 0 Å². The van der Waals surface area contributed by atoms with Crippen LogP contribution in [-0.2, 0) is 23.7 Å². The molecule has 10 nitrogen and oxygen atoms in total. The maximum Gasteiger partial charge on any atom is 0.338 e. The Balaban J connectivity index is 1.48. The van der Waals surface area contributed by atoms with Crippen molar-refractivity contribution in [3.8, 4) is 0 Å². The van der Waals surface area contributed by atoms with Crippen molar-refractivity contribution in [1.82, 2.24) is 0 Å². The standard InChI is InChI=1S/C34H28O10/c35-30(22-13-5-1-6-14-22)40-21-26-27(42-31(36)23-15-7-2-8-16-23)28(43-32(37)24-17-9-3-10-18-24)29(34(39)41-26)44-33(38)25-19-11-4-12-20-25/h1-20,26-29,34,39H,21H2/t26?,27-,28-,29?,34?/m0/s1. The van der Waals surface area contributed by atoms with Gasteiger partial charge in [-0.25, -0.2) is 19.2 Å². The molecule has 5 rings (SSSR count). The Morgan fingerprint density at radius 2 is 0.841 bits per heavy atom. The average Bonchev–Trinajstić information content (AvgIpc) is 3.07. The van der Waals surface area contributed by atoms with Gasteiger partial charge in [-0.1, -0.05) is 72.8 Å². The Bertz CT molecular complexity index is 1560. The summed E-state index contributed by atoms with van der Waals surface area (Å²) in [6.45, 7) is -0.504. The molecule has 10 heteroatoms. The summed E-state index contributed by atoms with van der Waals surface area (Å²) in [4.78, 5) is 52.3. The number of esters is 4. The molecule has 1 fully saturated rings. The van der Waals surface area contributed by atoms with E-state index < -0.39 is 61.2 Å². The summed E-state index contributed by atoms with van der Waals surface area (Å²) in [6, 6.07) is 32.1. The van der Waals surface area contributed by atoms with Crippen molar-refractivity contribution in [1.29, 1.82) is 0 Å². The summed E-state index contributed by atoms with van der Waals surface area (Å²) >= 11 is 0. The number of rotatable bonds is 9. The first-order chi connectivity index (χ1) is 21.4. The van der Waals surface area contributed by atoms with Crippen LogP contribution in [0.15, 0.2) is 121 Å². The van der Waals surface area contributed by atoms with Gasteiger partial charge in [0.15, 0.2) is 24.6 Å². The summed E-state index contributed by atoms with van der Waals surface area (Å²) < 4.78 is 28.4. The Hall–Kier alpha value is -5.32. The van der Waals surface area contributed by atoms with E-state index in [4.69, 9.17) is 23.7 Å². The zero-order valence-electron chi connectivity index (χ0n) is 23.3. The highest BCUT2D eigenvalue weighted by molar-refractivity contribution is 5.91. The van der Waals surface area contributed by atoms with Crippen LogP contribution >= 0.6 is 0 Å². The van der Waals surface area contributed by atoms with Gasteiger partial charge in [-0.3, -0.25) is 0 Å². The van der Waals surface area contributed by atoms with Crippen LogP contribution in [0.1, 0.15) is 41.4 Å². The third-order valence-electron chi connectivity index (χ3n) is 6.76. The molecule has 1 saturated heterocycles. The van der Waals surface area contributed by atoms with Crippen LogP contribution in [0.4, 0.5) is 0 Å². The van der Waals surface area contributed by atoms with Gasteiger partial charge in [0.1, 0.15) is 12.7 Å². The molecule has 4 aromatic rings. The minimum Gasteiger partial charge on any atom is -0.459 e. The van der Waals surface area contributed by atoms with E-state index in [2.05, 4.69) is 0 Å². The second-order valence-corrected chi connectivity index (χ2v) is 9.74. The summed E-state index contributed by atoms with van der Waals surface area (Å²) in [6.07, 6.45) is -7.89. The van der Waals surface area contributed by atoms with E-state index in [0.29, 0.717) is 0 Å². The van der Waals surface area contributed by atoms with Crippen molar-refractivity contribution in [3.05, 3.63) is 144 Å². The zero-order valence-corrected chi connectivity index (χ0v) is 23.3. The summed E-state index contributed by atoms with van der Waals surface area (Å²) in [5, 5.41) is 11.1. The van der Waals surface area contributed by atoms with Crippen molar-refractivity contribution in [2.45, 2.75) is 30.7 Å². The first-order valence-electron chi connectivity index (χ1n) is 13.7. The molecule has 0 bridgehead atoms. The normalized spacial score (nSPS) is 21.0. The van der Waals surface area contributed by atoms with E-state index in [-0.39, 0.29) is 22.3 Å². The Morgan fingerprint density at radius 1 is 0.500 bits per heavy atom. The van der Waals surface area contributed by atoms with Gasteiger partial charge in [0.25, 0.3) is 0 Å². The fraction of sp³-hybridized carbons (Fsp3) is 0.176. The molecule has 4 aromatic carbocycles. The first kappa shape index (κ1) is 30.1. The lowest BCUT2D eigenvalue weighted by molar-refractivity contribution is -0.284. The quantitative estimate of drug-likeness (QED) is 0.221. The monoisotopic (exact) mass is 596 g/mol. The summed E-state index contributed by atoms with van der Waals surface area (Å²) in [7, 11) is 0. The molecule has 0 amide bonds. The van der Waals surface area contributed by atoms with E-state index in [1.54, 1.807) is 84.9 Å². The van der Waals surface area contributed by atoms with Crippen LogP contribution < -0.4 is 0 Å². The van der Waals surface area contributed by atoms with Crippen molar-refractivity contribution < 1.29 is 48.0 Å². The predicted octanol–water partition coefficient (Wildman–Crippen LogP) is 4.24. The number of carbonyl (C=O) groups excluding carboxylic acids is 4. The SMILES string of the molecule is O=C(OCC1OC(O)C(OC(=O)c2ccccc2)[C@@H](OC(=O)c2ccccc2)[C@H]1OC(=O)c1ccccc1)c1ccccc1. The topological polar surface area (TPSA) is 135 Å². The molecular formula is C34H28O10. The minimum atomic E-state index is -1.86. The molecule has 44 heavy (non-hydrogen) atoms. The molecule has 0 saturated carbocycles. The summed E-state index contributed by atoms with van der Waals surface area (Å²) in [5.74, 6) is -3.21. The number of hydrogen-bond donors (Lipinski definition) is 1. The van der Waals surface area contributed by atoms with Gasteiger partial charge in [0, 0.05) is 0 Å². The highest BCUT2D eigenvalue weighted by atomic mass is 16.7. The molecule has 5 atom stereocenters. The van der Waals surface area contributed by atoms with Gasteiger partial charge in [-0.05, 0) is 48.5 Å². The number of ether oxygens (including phenoxy) is 5. The molecule has 3 unspecified atom stereocenters. The molecule has 0 aromatic heterocycles. The van der Waals surface area contributed by atoms with Crippen molar-refractivity contribution >= 4 is 23.9 Å². The predicted molar refractivity (Wildman–Crippen MR) is 155 cm³/mol. The molecule has 224 valence electrons. The van der Waals surface area contributed by atoms with Gasteiger partial charge in [0.05, 0.1) is 22.3 Å². The van der Waals surface area contributed by atoms with Crippen molar-refractivity contribution in [3.63, 3.8) is 0 Å². The lowest BCUT2D eigenvalue weighted by atomic mass is 9.97. The van der Waals surface area contributed by atoms with E-state index >= 15 is 0 Å². The smallest absolute Gasteiger partial charge is 0.338 e. The Labute approximate surface area is 252 Å². The maximum absolute atomic E-state index is 13.3. The molecule has 0 radical (unpaired) electrons. The number of hydrogen-bond acceptors (Lipinski definition) is 10. The highest BCUT2D eigenvalue weighted by Gasteiger charge is 2.52. The molecular weight excluding hydrogens is 568 g/mol. The van der Waals surface area contributed by atoms with Crippen LogP contribution in [0, 0.1) is 0 Å². The van der Waals surface area contributed by atoms with Crippen molar-refractivity contribution in [2.75, 3.05) is 6.61 Å². The van der Waals surface area contributed by atoms with Crippen molar-refractivity contribution in [2.24, 2.45) is 0 Å². The van der Waals surface area contributed by atoms with Crippen LogP contribution in [0.25, 0.3) is 0 Å². The van der Waals surface area contributed by atoms with E-state index in [0.717, 1.165) is 0 Å². The first-order valence-corrected chi connectivity index (χ1v) is 13.7. The number of benzene rings is 4. The largest absolute Gasteiger partial charge is 0.459 e. The number of carbonyl (C=O) groups is 4. The average molecular weight is 597 g/mol.